The zero-order valence-corrected chi connectivity index (χ0v) is 10.7. The standard InChI is InChI=1S/C14H14N2O3/c1-10(12-8-5-9-19-12)15-16-14(17)11-6-3-4-7-13(11)18-2/h3-9H,1-2H3,(H,16,17)/b15-10+. The molecule has 0 spiro atoms. The number of furan rings is 1. The lowest BCUT2D eigenvalue weighted by Crippen LogP contribution is -2.19. The molecule has 5 nitrogen and oxygen atoms in total. The van der Waals surface area contributed by atoms with Crippen LogP contribution in [0.4, 0.5) is 0 Å². The number of hydrazone groups is 1. The number of amides is 1. The van der Waals surface area contributed by atoms with Gasteiger partial charge >= 0.3 is 0 Å². The average molecular weight is 258 g/mol. The Morgan fingerprint density at radius 3 is 2.74 bits per heavy atom. The summed E-state index contributed by atoms with van der Waals surface area (Å²) in [5.74, 6) is 0.787. The van der Waals surface area contributed by atoms with Crippen molar-refractivity contribution < 1.29 is 13.9 Å². The highest BCUT2D eigenvalue weighted by molar-refractivity contribution is 6.00. The summed E-state index contributed by atoms with van der Waals surface area (Å²) in [4.78, 5) is 12.0. The van der Waals surface area contributed by atoms with Gasteiger partial charge in [-0.05, 0) is 31.2 Å². The number of hydrogen-bond donors (Lipinski definition) is 1. The van der Waals surface area contributed by atoms with E-state index in [1.54, 1.807) is 49.6 Å². The Kier molecular flexibility index (Phi) is 3.97. The number of nitrogens with zero attached hydrogens (tertiary/aromatic N) is 1. The van der Waals surface area contributed by atoms with Gasteiger partial charge in [-0.1, -0.05) is 12.1 Å². The molecule has 1 heterocycles. The molecule has 0 saturated carbocycles. The first-order chi connectivity index (χ1) is 9.22. The first-order valence-corrected chi connectivity index (χ1v) is 5.74. The van der Waals surface area contributed by atoms with Gasteiger partial charge in [-0.2, -0.15) is 5.10 Å². The molecule has 19 heavy (non-hydrogen) atoms. The molecule has 98 valence electrons. The molecule has 1 amide bonds. The second-order valence-corrected chi connectivity index (χ2v) is 3.82. The number of carbonyl (C=O) groups is 1. The maximum Gasteiger partial charge on any atom is 0.275 e. The number of ether oxygens (including phenoxy) is 1. The van der Waals surface area contributed by atoms with Crippen molar-refractivity contribution in [1.82, 2.24) is 5.43 Å². The SMILES string of the molecule is COc1ccccc1C(=O)N/N=C(\C)c1ccco1. The van der Waals surface area contributed by atoms with Crippen LogP contribution >= 0.6 is 0 Å². The summed E-state index contributed by atoms with van der Waals surface area (Å²) in [6.45, 7) is 1.75. The summed E-state index contributed by atoms with van der Waals surface area (Å²) in [5, 5.41) is 3.99. The van der Waals surface area contributed by atoms with Crippen molar-refractivity contribution in [3.05, 3.63) is 54.0 Å². The lowest BCUT2D eigenvalue weighted by atomic mass is 10.2. The van der Waals surface area contributed by atoms with Crippen molar-refractivity contribution in [1.29, 1.82) is 0 Å². The van der Waals surface area contributed by atoms with E-state index in [2.05, 4.69) is 10.5 Å². The van der Waals surface area contributed by atoms with Crippen LogP contribution in [-0.4, -0.2) is 18.7 Å². The molecule has 0 aliphatic rings. The number of para-hydroxylation sites is 1. The van der Waals surface area contributed by atoms with Gasteiger partial charge in [-0.3, -0.25) is 4.79 Å². The van der Waals surface area contributed by atoms with Crippen LogP contribution in [0.25, 0.3) is 0 Å². The molecule has 0 fully saturated rings. The van der Waals surface area contributed by atoms with Crippen molar-refractivity contribution in [2.75, 3.05) is 7.11 Å². The Bertz CT molecular complexity index is 588. The summed E-state index contributed by atoms with van der Waals surface area (Å²) in [5.41, 5.74) is 3.49. The van der Waals surface area contributed by atoms with E-state index in [0.29, 0.717) is 22.8 Å². The number of rotatable bonds is 4. The van der Waals surface area contributed by atoms with E-state index in [1.807, 2.05) is 0 Å². The first kappa shape index (κ1) is 12.9. The molecule has 0 radical (unpaired) electrons. The van der Waals surface area contributed by atoms with Gasteiger partial charge in [0, 0.05) is 0 Å². The molecule has 0 atom stereocenters. The second kappa shape index (κ2) is 5.86. The summed E-state index contributed by atoms with van der Waals surface area (Å²) in [6.07, 6.45) is 1.55. The maximum atomic E-state index is 12.0. The van der Waals surface area contributed by atoms with Gasteiger partial charge in [0.1, 0.15) is 17.2 Å². The molecular weight excluding hydrogens is 244 g/mol. The molecular formula is C14H14N2O3. The Morgan fingerprint density at radius 1 is 1.26 bits per heavy atom. The molecule has 1 aromatic heterocycles. The van der Waals surface area contributed by atoms with Crippen molar-refractivity contribution in [2.45, 2.75) is 6.92 Å². The Morgan fingerprint density at radius 2 is 2.05 bits per heavy atom. The Hall–Kier alpha value is -2.56. The average Bonchev–Trinajstić information content (AvgIpc) is 2.98. The minimum Gasteiger partial charge on any atom is -0.496 e. The third kappa shape index (κ3) is 3.01. The predicted octanol–water partition coefficient (Wildman–Crippen LogP) is 2.44. The van der Waals surface area contributed by atoms with E-state index in [1.165, 1.54) is 7.11 Å². The van der Waals surface area contributed by atoms with Crippen LogP contribution in [0.3, 0.4) is 0 Å². The lowest BCUT2D eigenvalue weighted by Gasteiger charge is -2.06. The predicted molar refractivity (Wildman–Crippen MR) is 71.4 cm³/mol. The molecule has 2 rings (SSSR count). The number of benzene rings is 1. The highest BCUT2D eigenvalue weighted by Gasteiger charge is 2.10. The minimum atomic E-state index is -0.330. The van der Waals surface area contributed by atoms with Crippen LogP contribution in [0, 0.1) is 0 Å². The largest absolute Gasteiger partial charge is 0.496 e. The zero-order valence-electron chi connectivity index (χ0n) is 10.7. The topological polar surface area (TPSA) is 63.8 Å². The van der Waals surface area contributed by atoms with Crippen molar-refractivity contribution in [2.24, 2.45) is 5.10 Å². The summed E-state index contributed by atoms with van der Waals surface area (Å²) >= 11 is 0. The lowest BCUT2D eigenvalue weighted by molar-refractivity contribution is 0.0952. The summed E-state index contributed by atoms with van der Waals surface area (Å²) < 4.78 is 10.3. The Balaban J connectivity index is 2.11. The van der Waals surface area contributed by atoms with E-state index in [-0.39, 0.29) is 5.91 Å². The highest BCUT2D eigenvalue weighted by atomic mass is 16.5. The van der Waals surface area contributed by atoms with Crippen molar-refractivity contribution >= 4 is 11.6 Å². The molecule has 0 aliphatic carbocycles. The third-order valence-electron chi connectivity index (χ3n) is 2.55. The van der Waals surface area contributed by atoms with Crippen LogP contribution in [0.5, 0.6) is 5.75 Å². The monoisotopic (exact) mass is 258 g/mol. The van der Waals surface area contributed by atoms with Gasteiger partial charge in [0.15, 0.2) is 0 Å². The minimum absolute atomic E-state index is 0.330. The quantitative estimate of drug-likeness (QED) is 0.676. The molecule has 0 bridgehead atoms. The van der Waals surface area contributed by atoms with E-state index in [0.717, 1.165) is 0 Å². The van der Waals surface area contributed by atoms with Crippen LogP contribution in [-0.2, 0) is 0 Å². The van der Waals surface area contributed by atoms with Gasteiger partial charge in [0.2, 0.25) is 0 Å². The molecule has 2 aromatic rings. The summed E-state index contributed by atoms with van der Waals surface area (Å²) in [6, 6.07) is 10.5. The normalized spacial score (nSPS) is 11.2. The maximum absolute atomic E-state index is 12.0. The first-order valence-electron chi connectivity index (χ1n) is 5.74. The third-order valence-corrected chi connectivity index (χ3v) is 2.55. The fourth-order valence-corrected chi connectivity index (χ4v) is 1.57. The van der Waals surface area contributed by atoms with Crippen molar-refractivity contribution in [3.8, 4) is 5.75 Å². The van der Waals surface area contributed by atoms with Crippen LogP contribution in [0.15, 0.2) is 52.2 Å². The molecule has 0 aliphatic heterocycles. The number of methoxy groups -OCH3 is 1. The number of hydrogen-bond acceptors (Lipinski definition) is 4. The van der Waals surface area contributed by atoms with Gasteiger partial charge in [-0.25, -0.2) is 5.43 Å². The van der Waals surface area contributed by atoms with Crippen LogP contribution in [0.2, 0.25) is 0 Å². The summed E-state index contributed by atoms with van der Waals surface area (Å²) in [7, 11) is 1.52. The number of nitrogens with one attached hydrogen (secondary N) is 1. The van der Waals surface area contributed by atoms with Gasteiger partial charge in [0.05, 0.1) is 18.9 Å². The smallest absolute Gasteiger partial charge is 0.275 e. The fourth-order valence-electron chi connectivity index (χ4n) is 1.57. The molecule has 1 aromatic carbocycles. The fraction of sp³-hybridized carbons (Fsp3) is 0.143. The van der Waals surface area contributed by atoms with Gasteiger partial charge in [0.25, 0.3) is 5.91 Å². The van der Waals surface area contributed by atoms with Crippen LogP contribution in [0.1, 0.15) is 23.0 Å². The van der Waals surface area contributed by atoms with E-state index >= 15 is 0 Å². The second-order valence-electron chi connectivity index (χ2n) is 3.82. The van der Waals surface area contributed by atoms with Crippen molar-refractivity contribution in [3.63, 3.8) is 0 Å². The van der Waals surface area contributed by atoms with E-state index in [4.69, 9.17) is 9.15 Å². The molecule has 5 heteroatoms. The van der Waals surface area contributed by atoms with Gasteiger partial charge in [-0.15, -0.1) is 0 Å². The molecule has 0 saturated heterocycles. The Labute approximate surface area is 110 Å². The molecule has 1 N–H and O–H groups in total. The van der Waals surface area contributed by atoms with Gasteiger partial charge < -0.3 is 9.15 Å². The number of carbonyl (C=O) groups excluding carboxylic acids is 1. The zero-order chi connectivity index (χ0) is 13.7. The van der Waals surface area contributed by atoms with Crippen LogP contribution < -0.4 is 10.2 Å². The van der Waals surface area contributed by atoms with E-state index < -0.39 is 0 Å². The van der Waals surface area contributed by atoms with E-state index in [9.17, 15) is 4.79 Å². The highest BCUT2D eigenvalue weighted by Crippen LogP contribution is 2.16. The molecule has 0 unspecified atom stereocenters.